The Hall–Kier alpha value is -3.17. The molecular weight excluding hydrogens is 351 g/mol. The van der Waals surface area contributed by atoms with Crippen molar-refractivity contribution >= 4 is 23.0 Å². The standard InChI is InChI=1S/C20H15FN2O2S/c1-24-18-7-6-14(10-19(18)25-2)17-12-26-20(23-17)15(11-22)8-13-4-3-5-16(21)9-13/h3-10,12H,1-2H3/b15-8+. The smallest absolute Gasteiger partial charge is 0.161 e. The fraction of sp³-hybridized carbons (Fsp3) is 0.100. The van der Waals surface area contributed by atoms with Crippen LogP contribution < -0.4 is 9.47 Å². The summed E-state index contributed by atoms with van der Waals surface area (Å²) in [5, 5.41) is 11.9. The minimum absolute atomic E-state index is 0.346. The van der Waals surface area contributed by atoms with Crippen molar-refractivity contribution in [3.63, 3.8) is 0 Å². The number of rotatable bonds is 5. The van der Waals surface area contributed by atoms with Gasteiger partial charge >= 0.3 is 0 Å². The molecule has 0 N–H and O–H groups in total. The molecule has 1 aromatic heterocycles. The number of halogens is 1. The molecule has 0 spiro atoms. The van der Waals surface area contributed by atoms with E-state index in [4.69, 9.17) is 9.47 Å². The molecule has 0 atom stereocenters. The Bertz CT molecular complexity index is 1010. The van der Waals surface area contributed by atoms with Crippen molar-refractivity contribution in [3.05, 3.63) is 64.2 Å². The minimum Gasteiger partial charge on any atom is -0.493 e. The summed E-state index contributed by atoms with van der Waals surface area (Å²) in [6, 6.07) is 13.7. The van der Waals surface area contributed by atoms with Crippen LogP contribution >= 0.6 is 11.3 Å². The molecule has 130 valence electrons. The number of benzene rings is 2. The average molecular weight is 366 g/mol. The molecule has 0 fully saturated rings. The molecule has 3 rings (SSSR count). The lowest BCUT2D eigenvalue weighted by atomic mass is 10.1. The van der Waals surface area contributed by atoms with Crippen LogP contribution in [0.1, 0.15) is 10.6 Å². The molecule has 2 aromatic carbocycles. The molecule has 0 amide bonds. The number of hydrogen-bond acceptors (Lipinski definition) is 5. The Morgan fingerprint density at radius 1 is 1.15 bits per heavy atom. The first-order chi connectivity index (χ1) is 12.6. The number of aromatic nitrogens is 1. The van der Waals surface area contributed by atoms with Gasteiger partial charge in [-0.3, -0.25) is 0 Å². The zero-order chi connectivity index (χ0) is 18.5. The highest BCUT2D eigenvalue weighted by Gasteiger charge is 2.12. The van der Waals surface area contributed by atoms with E-state index in [-0.39, 0.29) is 5.82 Å². The van der Waals surface area contributed by atoms with Gasteiger partial charge in [0.15, 0.2) is 11.5 Å². The zero-order valence-corrected chi connectivity index (χ0v) is 15.0. The Morgan fingerprint density at radius 2 is 1.96 bits per heavy atom. The Kier molecular flexibility index (Phi) is 5.30. The number of allylic oxidation sites excluding steroid dienone is 1. The van der Waals surface area contributed by atoms with E-state index in [9.17, 15) is 9.65 Å². The average Bonchev–Trinajstić information content (AvgIpc) is 3.15. The van der Waals surface area contributed by atoms with Crippen molar-refractivity contribution in [3.8, 4) is 28.8 Å². The first-order valence-electron chi connectivity index (χ1n) is 7.70. The first-order valence-corrected chi connectivity index (χ1v) is 8.58. The molecule has 0 saturated carbocycles. The van der Waals surface area contributed by atoms with E-state index in [0.717, 1.165) is 11.3 Å². The highest BCUT2D eigenvalue weighted by atomic mass is 32.1. The van der Waals surface area contributed by atoms with Gasteiger partial charge in [-0.25, -0.2) is 9.37 Å². The normalized spacial score (nSPS) is 11.1. The van der Waals surface area contributed by atoms with Crippen LogP contribution in [0.4, 0.5) is 4.39 Å². The summed E-state index contributed by atoms with van der Waals surface area (Å²) in [4.78, 5) is 4.54. The minimum atomic E-state index is -0.346. The van der Waals surface area contributed by atoms with Crippen LogP contribution in [0, 0.1) is 17.1 Å². The number of ether oxygens (including phenoxy) is 2. The molecule has 0 aliphatic heterocycles. The number of nitrogens with zero attached hydrogens (tertiary/aromatic N) is 2. The van der Waals surface area contributed by atoms with Gasteiger partial charge in [0, 0.05) is 10.9 Å². The second-order valence-electron chi connectivity index (χ2n) is 5.33. The van der Waals surface area contributed by atoms with E-state index in [1.165, 1.54) is 23.5 Å². The largest absolute Gasteiger partial charge is 0.493 e. The molecule has 4 nitrogen and oxygen atoms in total. The van der Waals surface area contributed by atoms with E-state index in [0.29, 0.717) is 27.6 Å². The van der Waals surface area contributed by atoms with Gasteiger partial charge in [-0.05, 0) is 42.0 Å². The van der Waals surface area contributed by atoms with Gasteiger partial charge < -0.3 is 9.47 Å². The molecule has 0 radical (unpaired) electrons. The van der Waals surface area contributed by atoms with Crippen molar-refractivity contribution in [2.75, 3.05) is 14.2 Å². The molecule has 1 heterocycles. The maximum absolute atomic E-state index is 13.3. The first kappa shape index (κ1) is 17.6. The molecule has 0 aliphatic carbocycles. The van der Waals surface area contributed by atoms with Crippen molar-refractivity contribution in [2.24, 2.45) is 0 Å². The van der Waals surface area contributed by atoms with Crippen LogP contribution in [0.25, 0.3) is 22.9 Å². The maximum atomic E-state index is 13.3. The van der Waals surface area contributed by atoms with E-state index < -0.39 is 0 Å². The van der Waals surface area contributed by atoms with E-state index >= 15 is 0 Å². The number of thiazole rings is 1. The lowest BCUT2D eigenvalue weighted by molar-refractivity contribution is 0.355. The molecular formula is C20H15FN2O2S. The summed E-state index contributed by atoms with van der Waals surface area (Å²) in [5.74, 6) is 0.895. The Labute approximate surface area is 154 Å². The lowest BCUT2D eigenvalue weighted by Gasteiger charge is -2.08. The lowest BCUT2D eigenvalue weighted by Crippen LogP contribution is -1.91. The van der Waals surface area contributed by atoms with E-state index in [1.54, 1.807) is 38.5 Å². The number of nitriles is 1. The van der Waals surface area contributed by atoms with Crippen LogP contribution in [0.5, 0.6) is 11.5 Å². The van der Waals surface area contributed by atoms with Crippen LogP contribution in [-0.4, -0.2) is 19.2 Å². The van der Waals surface area contributed by atoms with Crippen LogP contribution in [0.2, 0.25) is 0 Å². The fourth-order valence-corrected chi connectivity index (χ4v) is 3.23. The van der Waals surface area contributed by atoms with Gasteiger partial charge in [0.1, 0.15) is 16.9 Å². The molecule has 0 bridgehead atoms. The Balaban J connectivity index is 1.95. The van der Waals surface area contributed by atoms with Gasteiger partial charge in [0.25, 0.3) is 0 Å². The number of methoxy groups -OCH3 is 2. The second kappa shape index (κ2) is 7.81. The summed E-state index contributed by atoms with van der Waals surface area (Å²) in [5.41, 5.74) is 2.58. The summed E-state index contributed by atoms with van der Waals surface area (Å²) < 4.78 is 23.9. The van der Waals surface area contributed by atoms with Gasteiger partial charge in [-0.2, -0.15) is 5.26 Å². The summed E-state index contributed by atoms with van der Waals surface area (Å²) in [7, 11) is 3.15. The maximum Gasteiger partial charge on any atom is 0.161 e. The van der Waals surface area contributed by atoms with Crippen LogP contribution in [0.3, 0.4) is 0 Å². The van der Waals surface area contributed by atoms with Gasteiger partial charge in [0.2, 0.25) is 0 Å². The van der Waals surface area contributed by atoms with E-state index in [1.807, 2.05) is 17.5 Å². The molecule has 0 saturated heterocycles. The van der Waals surface area contributed by atoms with Crippen molar-refractivity contribution in [2.45, 2.75) is 0 Å². The summed E-state index contributed by atoms with van der Waals surface area (Å²) in [6.07, 6.45) is 1.63. The van der Waals surface area contributed by atoms with E-state index in [2.05, 4.69) is 11.1 Å². The highest BCUT2D eigenvalue weighted by Crippen LogP contribution is 2.33. The zero-order valence-electron chi connectivity index (χ0n) is 14.2. The summed E-state index contributed by atoms with van der Waals surface area (Å²) >= 11 is 1.36. The molecule has 6 heteroatoms. The third kappa shape index (κ3) is 3.73. The molecule has 0 unspecified atom stereocenters. The van der Waals surface area contributed by atoms with Crippen molar-refractivity contribution in [1.29, 1.82) is 5.26 Å². The molecule has 3 aromatic rings. The molecule has 26 heavy (non-hydrogen) atoms. The highest BCUT2D eigenvalue weighted by molar-refractivity contribution is 7.11. The van der Waals surface area contributed by atoms with Gasteiger partial charge in [0.05, 0.1) is 25.5 Å². The topological polar surface area (TPSA) is 55.1 Å². The quantitative estimate of drug-likeness (QED) is 0.594. The predicted molar refractivity (Wildman–Crippen MR) is 101 cm³/mol. The van der Waals surface area contributed by atoms with Crippen molar-refractivity contribution in [1.82, 2.24) is 4.98 Å². The third-order valence-corrected chi connectivity index (χ3v) is 4.57. The summed E-state index contributed by atoms with van der Waals surface area (Å²) in [6.45, 7) is 0. The second-order valence-corrected chi connectivity index (χ2v) is 6.19. The number of hydrogen-bond donors (Lipinski definition) is 0. The molecule has 0 aliphatic rings. The monoisotopic (exact) mass is 366 g/mol. The third-order valence-electron chi connectivity index (χ3n) is 3.69. The van der Waals surface area contributed by atoms with Crippen LogP contribution in [-0.2, 0) is 0 Å². The van der Waals surface area contributed by atoms with Gasteiger partial charge in [-0.1, -0.05) is 12.1 Å². The predicted octanol–water partition coefficient (Wildman–Crippen LogP) is 5.03. The van der Waals surface area contributed by atoms with Crippen molar-refractivity contribution < 1.29 is 13.9 Å². The fourth-order valence-electron chi connectivity index (χ4n) is 2.43. The van der Waals surface area contributed by atoms with Gasteiger partial charge in [-0.15, -0.1) is 11.3 Å². The van der Waals surface area contributed by atoms with Crippen LogP contribution in [0.15, 0.2) is 47.8 Å². The Morgan fingerprint density at radius 3 is 2.65 bits per heavy atom. The SMILES string of the molecule is COc1ccc(-c2csc(/C(C#N)=C/c3cccc(F)c3)n2)cc1OC.